The maximum atomic E-state index is 11.8. The van der Waals surface area contributed by atoms with Crippen LogP contribution in [0.2, 0.25) is 0 Å². The molecule has 0 aromatic heterocycles. The third-order valence-electron chi connectivity index (χ3n) is 2.20. The summed E-state index contributed by atoms with van der Waals surface area (Å²) < 4.78 is 22.9. The van der Waals surface area contributed by atoms with Crippen LogP contribution in [0.4, 0.5) is 0 Å². The summed E-state index contributed by atoms with van der Waals surface area (Å²) in [5.74, 6) is 1.56. The van der Waals surface area contributed by atoms with E-state index in [1.165, 1.54) is 0 Å². The van der Waals surface area contributed by atoms with E-state index in [1.54, 1.807) is 32.5 Å². The molecule has 0 rings (SSSR count). The number of halogens is 1. The summed E-state index contributed by atoms with van der Waals surface area (Å²) in [6.07, 6.45) is 0.932. The Morgan fingerprint density at radius 1 is 1.33 bits per heavy atom. The molecule has 0 spiro atoms. The zero-order chi connectivity index (χ0) is 12.1. The average Bonchev–Trinajstić information content (AvgIpc) is 2.01. The number of alkyl halides is 1. The van der Waals surface area contributed by atoms with Gasteiger partial charge in [0, 0.05) is 16.9 Å². The van der Waals surface area contributed by atoms with E-state index >= 15 is 0 Å². The van der Waals surface area contributed by atoms with Gasteiger partial charge in [-0.15, -0.1) is 11.6 Å². The minimum atomic E-state index is -2.96. The first kappa shape index (κ1) is 15.6. The highest BCUT2D eigenvalue weighted by atomic mass is 35.5. The van der Waals surface area contributed by atoms with E-state index in [2.05, 4.69) is 6.92 Å². The van der Waals surface area contributed by atoms with Gasteiger partial charge >= 0.3 is 0 Å². The summed E-state index contributed by atoms with van der Waals surface area (Å²) in [5, 5.41) is 0.442. The molecule has 92 valence electrons. The van der Waals surface area contributed by atoms with Crippen LogP contribution in [0.15, 0.2) is 0 Å². The van der Waals surface area contributed by atoms with Crippen molar-refractivity contribution >= 4 is 33.2 Å². The fraction of sp³-hybridized carbons (Fsp3) is 1.00. The molecule has 0 aliphatic heterocycles. The molecule has 0 fully saturated rings. The Hall–Kier alpha value is 0.590. The largest absolute Gasteiger partial charge is 0.228 e. The molecule has 0 aromatic carbocycles. The molecule has 0 radical (unpaired) electrons. The molecule has 2 nitrogen and oxygen atoms in total. The second kappa shape index (κ2) is 6.36. The molecular weight excluding hydrogens is 252 g/mol. The predicted octanol–water partition coefficient (Wildman–Crippen LogP) is 2.95. The fourth-order valence-electron chi connectivity index (χ4n) is 0.902. The molecule has 0 saturated carbocycles. The summed E-state index contributed by atoms with van der Waals surface area (Å²) in [6, 6.07) is 0. The zero-order valence-electron chi connectivity index (χ0n) is 9.92. The maximum Gasteiger partial charge on any atom is 0.155 e. The van der Waals surface area contributed by atoms with Crippen LogP contribution in [0.1, 0.15) is 34.1 Å². The van der Waals surface area contributed by atoms with Gasteiger partial charge in [-0.2, -0.15) is 11.8 Å². The van der Waals surface area contributed by atoms with Crippen LogP contribution in [0.25, 0.3) is 0 Å². The van der Waals surface area contributed by atoms with Gasteiger partial charge in [0.1, 0.15) is 0 Å². The normalized spacial score (nSPS) is 15.3. The van der Waals surface area contributed by atoms with Gasteiger partial charge in [-0.1, -0.05) is 6.92 Å². The molecule has 0 saturated heterocycles. The topological polar surface area (TPSA) is 34.1 Å². The van der Waals surface area contributed by atoms with E-state index < -0.39 is 14.6 Å². The van der Waals surface area contributed by atoms with Crippen molar-refractivity contribution in [1.29, 1.82) is 0 Å². The number of hydrogen-bond donors (Lipinski definition) is 0. The quantitative estimate of drug-likeness (QED) is 0.697. The zero-order valence-corrected chi connectivity index (χ0v) is 12.3. The summed E-state index contributed by atoms with van der Waals surface area (Å²) in [6.45, 7) is 7.32. The first-order valence-electron chi connectivity index (χ1n) is 5.10. The molecule has 1 atom stereocenters. The van der Waals surface area contributed by atoms with Gasteiger partial charge in [0.05, 0.1) is 10.5 Å². The third-order valence-corrected chi connectivity index (χ3v) is 6.53. The minimum Gasteiger partial charge on any atom is -0.228 e. The first-order chi connectivity index (χ1) is 6.70. The highest BCUT2D eigenvalue weighted by molar-refractivity contribution is 8.01. The van der Waals surface area contributed by atoms with Gasteiger partial charge < -0.3 is 0 Å². The Morgan fingerprint density at radius 2 is 1.87 bits per heavy atom. The van der Waals surface area contributed by atoms with E-state index in [4.69, 9.17) is 11.6 Å². The summed E-state index contributed by atoms with van der Waals surface area (Å²) in [4.78, 5) is 0. The molecule has 0 N–H and O–H groups in total. The number of hydrogen-bond acceptors (Lipinski definition) is 3. The predicted molar refractivity (Wildman–Crippen MR) is 70.8 cm³/mol. The van der Waals surface area contributed by atoms with Gasteiger partial charge in [-0.05, 0) is 27.2 Å². The average molecular weight is 273 g/mol. The fourth-order valence-corrected chi connectivity index (χ4v) is 3.92. The Morgan fingerprint density at radius 3 is 2.27 bits per heavy atom. The monoisotopic (exact) mass is 272 g/mol. The van der Waals surface area contributed by atoms with Crippen molar-refractivity contribution in [2.45, 2.75) is 44.1 Å². The van der Waals surface area contributed by atoms with Gasteiger partial charge in [0.15, 0.2) is 9.84 Å². The Balaban J connectivity index is 3.97. The van der Waals surface area contributed by atoms with Crippen LogP contribution >= 0.6 is 23.4 Å². The van der Waals surface area contributed by atoms with Crippen molar-refractivity contribution in [3.8, 4) is 0 Å². The number of rotatable bonds is 6. The number of sulfone groups is 1. The van der Waals surface area contributed by atoms with Gasteiger partial charge in [0.25, 0.3) is 0 Å². The standard InChI is InChI=1S/C10H21ClO2S2/c1-9(5-6-11)14-7-8-15(12,13)10(2,3)4/h9H,5-8H2,1-4H3. The lowest BCUT2D eigenvalue weighted by molar-refractivity contribution is 0.562. The first-order valence-corrected chi connectivity index (χ1v) is 8.34. The SMILES string of the molecule is CC(CCCl)SCCS(=O)(=O)C(C)(C)C. The highest BCUT2D eigenvalue weighted by Gasteiger charge is 2.28. The lowest BCUT2D eigenvalue weighted by atomic mass is 10.3. The summed E-state index contributed by atoms with van der Waals surface area (Å²) >= 11 is 7.29. The van der Waals surface area contributed by atoms with Crippen LogP contribution in [-0.4, -0.2) is 35.8 Å². The molecule has 0 aliphatic carbocycles. The minimum absolute atomic E-state index is 0.258. The van der Waals surface area contributed by atoms with Crippen LogP contribution in [0.5, 0.6) is 0 Å². The number of thioether (sulfide) groups is 1. The molecule has 5 heteroatoms. The van der Waals surface area contributed by atoms with E-state index in [1.807, 2.05) is 0 Å². The molecule has 0 heterocycles. The van der Waals surface area contributed by atoms with Crippen molar-refractivity contribution in [3.05, 3.63) is 0 Å². The van der Waals surface area contributed by atoms with Crippen LogP contribution in [0, 0.1) is 0 Å². The van der Waals surface area contributed by atoms with E-state index in [9.17, 15) is 8.42 Å². The van der Waals surface area contributed by atoms with Crippen LogP contribution in [0.3, 0.4) is 0 Å². The smallest absolute Gasteiger partial charge is 0.155 e. The summed E-state index contributed by atoms with van der Waals surface area (Å²) in [5.41, 5.74) is 0. The molecule has 0 aliphatic rings. The van der Waals surface area contributed by atoms with E-state index in [0.29, 0.717) is 16.9 Å². The van der Waals surface area contributed by atoms with Gasteiger partial charge in [-0.25, -0.2) is 8.42 Å². The van der Waals surface area contributed by atoms with Gasteiger partial charge in [0.2, 0.25) is 0 Å². The lowest BCUT2D eigenvalue weighted by Gasteiger charge is -2.19. The second-order valence-electron chi connectivity index (χ2n) is 4.59. The molecule has 0 aromatic rings. The van der Waals surface area contributed by atoms with Crippen molar-refractivity contribution in [3.63, 3.8) is 0 Å². The lowest BCUT2D eigenvalue weighted by Crippen LogP contribution is -2.31. The van der Waals surface area contributed by atoms with Crippen molar-refractivity contribution < 1.29 is 8.42 Å². The summed E-state index contributed by atoms with van der Waals surface area (Å²) in [7, 11) is -2.96. The van der Waals surface area contributed by atoms with E-state index in [-0.39, 0.29) is 5.75 Å². The van der Waals surface area contributed by atoms with Crippen LogP contribution in [-0.2, 0) is 9.84 Å². The molecule has 1 unspecified atom stereocenters. The molecule has 15 heavy (non-hydrogen) atoms. The van der Waals surface area contributed by atoms with E-state index in [0.717, 1.165) is 6.42 Å². The Kier molecular flexibility index (Phi) is 6.61. The van der Waals surface area contributed by atoms with Crippen LogP contribution < -0.4 is 0 Å². The maximum absolute atomic E-state index is 11.8. The highest BCUT2D eigenvalue weighted by Crippen LogP contribution is 2.20. The van der Waals surface area contributed by atoms with Crippen molar-refractivity contribution in [1.82, 2.24) is 0 Å². The Labute approximate surface area is 103 Å². The van der Waals surface area contributed by atoms with Gasteiger partial charge in [-0.3, -0.25) is 0 Å². The molecular formula is C10H21ClO2S2. The van der Waals surface area contributed by atoms with Crippen molar-refractivity contribution in [2.24, 2.45) is 0 Å². The Bertz CT molecular complexity index is 268. The van der Waals surface area contributed by atoms with Crippen molar-refractivity contribution in [2.75, 3.05) is 17.4 Å². The molecule has 0 amide bonds. The molecule has 0 bridgehead atoms. The second-order valence-corrected chi connectivity index (χ2v) is 9.38. The third kappa shape index (κ3) is 6.03.